The number of rotatable bonds is 13. The summed E-state index contributed by atoms with van der Waals surface area (Å²) in [5.41, 5.74) is 4.56. The van der Waals surface area contributed by atoms with Crippen LogP contribution in [-0.4, -0.2) is 48.0 Å². The lowest BCUT2D eigenvalue weighted by atomic mass is 10.1. The zero-order chi connectivity index (χ0) is 29.9. The number of anilines is 1. The zero-order valence-electron chi connectivity index (χ0n) is 22.7. The predicted octanol–water partition coefficient (Wildman–Crippen LogP) is 6.17. The second-order valence-corrected chi connectivity index (χ2v) is 11.5. The number of aromatic nitrogens is 2. The molecule has 0 aliphatic heterocycles. The Kier molecular flexibility index (Phi) is 11.4. The van der Waals surface area contributed by atoms with Crippen LogP contribution in [0.3, 0.4) is 0 Å². The van der Waals surface area contributed by atoms with Crippen LogP contribution in [0.2, 0.25) is 0 Å². The molecule has 0 saturated heterocycles. The Labute approximate surface area is 263 Å². The second-order valence-electron chi connectivity index (χ2n) is 8.65. The number of halogens is 2. The molecule has 0 spiro atoms. The topological polar surface area (TPSA) is 124 Å². The summed E-state index contributed by atoms with van der Waals surface area (Å²) in [7, 11) is 0. The molecule has 0 unspecified atom stereocenters. The van der Waals surface area contributed by atoms with Gasteiger partial charge in [-0.2, -0.15) is 5.10 Å². The molecule has 2 N–H and O–H groups in total. The van der Waals surface area contributed by atoms with Gasteiger partial charge in [0, 0.05) is 10.0 Å². The number of hydrogen-bond acceptors (Lipinski definition) is 9. The summed E-state index contributed by atoms with van der Waals surface area (Å²) in [6.45, 7) is 4.82. The van der Waals surface area contributed by atoms with E-state index in [-0.39, 0.29) is 18.2 Å². The molecule has 0 atom stereocenters. The van der Waals surface area contributed by atoms with E-state index in [1.165, 1.54) is 6.21 Å². The summed E-state index contributed by atoms with van der Waals surface area (Å²) in [5, 5.41) is 15.5. The molecule has 1 heterocycles. The molecule has 0 saturated carbocycles. The Morgan fingerprint density at radius 3 is 2.52 bits per heavy atom. The van der Waals surface area contributed by atoms with Crippen molar-refractivity contribution in [2.75, 3.05) is 25.1 Å². The molecule has 10 nitrogen and oxygen atoms in total. The van der Waals surface area contributed by atoms with Gasteiger partial charge in [0.25, 0.3) is 5.91 Å². The minimum atomic E-state index is -0.381. The number of hydrogen-bond donors (Lipinski definition) is 2. The molecule has 218 valence electrons. The zero-order valence-corrected chi connectivity index (χ0v) is 26.7. The maximum Gasteiger partial charge on any atom is 0.257 e. The highest BCUT2D eigenvalue weighted by Crippen LogP contribution is 2.36. The highest BCUT2D eigenvalue weighted by Gasteiger charge is 2.15. The second kappa shape index (κ2) is 15.4. The Morgan fingerprint density at radius 2 is 1.76 bits per heavy atom. The summed E-state index contributed by atoms with van der Waals surface area (Å²) >= 11 is 8.06. The van der Waals surface area contributed by atoms with Gasteiger partial charge in [-0.25, -0.2) is 5.43 Å². The van der Waals surface area contributed by atoms with Crippen LogP contribution in [-0.2, 0) is 11.2 Å². The summed E-state index contributed by atoms with van der Waals surface area (Å²) in [6.07, 6.45) is 1.46. The normalized spacial score (nSPS) is 10.9. The van der Waals surface area contributed by atoms with Crippen LogP contribution in [0.1, 0.15) is 33.4 Å². The molecule has 0 fully saturated rings. The van der Waals surface area contributed by atoms with E-state index in [4.69, 9.17) is 14.2 Å². The van der Waals surface area contributed by atoms with Crippen LogP contribution in [0.25, 0.3) is 0 Å². The van der Waals surface area contributed by atoms with Crippen molar-refractivity contribution in [2.24, 2.45) is 5.10 Å². The molecular formula is C29H27Br2N5O5S. The van der Waals surface area contributed by atoms with E-state index in [9.17, 15) is 9.59 Å². The first kappa shape index (κ1) is 31.1. The number of nitrogens with one attached hydrogen (secondary N) is 2. The number of hydrazone groups is 1. The van der Waals surface area contributed by atoms with Crippen molar-refractivity contribution in [2.45, 2.75) is 20.3 Å². The van der Waals surface area contributed by atoms with E-state index in [0.29, 0.717) is 57.1 Å². The van der Waals surface area contributed by atoms with E-state index in [0.717, 1.165) is 27.1 Å². The number of nitrogens with zero attached hydrogens (tertiary/aromatic N) is 3. The first-order chi connectivity index (χ1) is 20.3. The van der Waals surface area contributed by atoms with Gasteiger partial charge in [-0.05, 0) is 83.4 Å². The molecule has 0 aliphatic rings. The highest BCUT2D eigenvalue weighted by atomic mass is 79.9. The number of amides is 2. The largest absolute Gasteiger partial charge is 0.490 e. The summed E-state index contributed by atoms with van der Waals surface area (Å²) in [6, 6.07) is 18.4. The quantitative estimate of drug-likeness (QED) is 0.0963. The maximum absolute atomic E-state index is 12.5. The highest BCUT2D eigenvalue weighted by molar-refractivity contribution is 9.10. The van der Waals surface area contributed by atoms with Gasteiger partial charge in [0.05, 0.1) is 23.7 Å². The molecular weight excluding hydrogens is 690 g/mol. The Balaban J connectivity index is 1.28. The first-order valence-electron chi connectivity index (χ1n) is 12.8. The van der Waals surface area contributed by atoms with E-state index in [1.54, 1.807) is 24.3 Å². The summed E-state index contributed by atoms with van der Waals surface area (Å²) < 4.78 is 19.1. The van der Waals surface area contributed by atoms with Gasteiger partial charge < -0.3 is 14.2 Å². The van der Waals surface area contributed by atoms with Crippen LogP contribution in [0.15, 0.2) is 74.7 Å². The SMILES string of the molecule is CCOc1cc(/C=N/NC(=O)Cc2nnc(NC(=O)c3ccccc3C)s2)cc(Br)c1OCCOc1ccc(Br)cc1. The number of ether oxygens (including phenoxy) is 3. The molecule has 4 aromatic rings. The summed E-state index contributed by atoms with van der Waals surface area (Å²) in [5.74, 6) is 1.15. The Morgan fingerprint density at radius 1 is 1.00 bits per heavy atom. The molecule has 2 amide bonds. The number of carbonyl (C=O) groups is 2. The number of carbonyl (C=O) groups excluding carboxylic acids is 2. The molecule has 3 aromatic carbocycles. The van der Waals surface area contributed by atoms with Crippen molar-refractivity contribution in [3.05, 3.63) is 91.3 Å². The van der Waals surface area contributed by atoms with Gasteiger partial charge in [0.2, 0.25) is 11.0 Å². The smallest absolute Gasteiger partial charge is 0.257 e. The van der Waals surface area contributed by atoms with E-state index < -0.39 is 0 Å². The Hall–Kier alpha value is -3.81. The molecule has 4 rings (SSSR count). The minimum absolute atomic E-state index is 0.0434. The third-order valence-electron chi connectivity index (χ3n) is 5.54. The third-order valence-corrected chi connectivity index (χ3v) is 7.49. The molecule has 42 heavy (non-hydrogen) atoms. The van der Waals surface area contributed by atoms with Crippen LogP contribution in [0.5, 0.6) is 17.2 Å². The van der Waals surface area contributed by atoms with E-state index in [1.807, 2.05) is 50.2 Å². The van der Waals surface area contributed by atoms with Crippen LogP contribution in [0, 0.1) is 6.92 Å². The van der Waals surface area contributed by atoms with Gasteiger partial charge >= 0.3 is 0 Å². The van der Waals surface area contributed by atoms with Crippen molar-refractivity contribution in [3.63, 3.8) is 0 Å². The average molecular weight is 717 g/mol. The predicted molar refractivity (Wildman–Crippen MR) is 169 cm³/mol. The lowest BCUT2D eigenvalue weighted by molar-refractivity contribution is -0.120. The molecule has 13 heteroatoms. The van der Waals surface area contributed by atoms with Gasteiger partial charge in [-0.1, -0.05) is 45.5 Å². The van der Waals surface area contributed by atoms with Gasteiger partial charge in [-0.15, -0.1) is 10.2 Å². The van der Waals surface area contributed by atoms with Crippen molar-refractivity contribution in [1.29, 1.82) is 0 Å². The van der Waals surface area contributed by atoms with Crippen LogP contribution < -0.4 is 25.0 Å². The lowest BCUT2D eigenvalue weighted by Gasteiger charge is -2.15. The van der Waals surface area contributed by atoms with Gasteiger partial charge in [0.15, 0.2) is 11.5 Å². The fourth-order valence-corrected chi connectivity index (χ4v) is 5.19. The third kappa shape index (κ3) is 9.10. The number of benzene rings is 3. The molecule has 0 aliphatic carbocycles. The van der Waals surface area contributed by atoms with Crippen molar-refractivity contribution >= 4 is 66.4 Å². The minimum Gasteiger partial charge on any atom is -0.490 e. The van der Waals surface area contributed by atoms with E-state index >= 15 is 0 Å². The van der Waals surface area contributed by atoms with Gasteiger partial charge in [-0.3, -0.25) is 14.9 Å². The maximum atomic E-state index is 12.5. The average Bonchev–Trinajstić information content (AvgIpc) is 3.39. The Bertz CT molecular complexity index is 1560. The fraction of sp³-hybridized carbons (Fsp3) is 0.207. The van der Waals surface area contributed by atoms with Crippen molar-refractivity contribution in [3.8, 4) is 17.2 Å². The molecule has 0 bridgehead atoms. The standard InChI is InChI=1S/C29H27Br2N5O5S/c1-3-39-24-15-19(14-23(31)27(24)41-13-12-40-21-10-8-20(30)9-11-21)17-32-34-25(37)16-26-35-36-29(42-26)33-28(38)22-7-5-4-6-18(22)2/h4-11,14-15,17H,3,12-13,16H2,1-2H3,(H,34,37)(H,33,36,38)/b32-17+. The molecule has 0 radical (unpaired) electrons. The molecule has 1 aromatic heterocycles. The lowest BCUT2D eigenvalue weighted by Crippen LogP contribution is -2.19. The van der Waals surface area contributed by atoms with Crippen LogP contribution in [0.4, 0.5) is 5.13 Å². The first-order valence-corrected chi connectivity index (χ1v) is 15.2. The monoisotopic (exact) mass is 715 g/mol. The fourth-order valence-electron chi connectivity index (χ4n) is 3.62. The van der Waals surface area contributed by atoms with Gasteiger partial charge in [0.1, 0.15) is 24.0 Å². The van der Waals surface area contributed by atoms with Crippen molar-refractivity contribution in [1.82, 2.24) is 15.6 Å². The number of aryl methyl sites for hydroxylation is 1. The summed E-state index contributed by atoms with van der Waals surface area (Å²) in [4.78, 5) is 24.9. The van der Waals surface area contributed by atoms with Crippen molar-refractivity contribution < 1.29 is 23.8 Å². The van der Waals surface area contributed by atoms with Crippen LogP contribution >= 0.6 is 43.2 Å². The van der Waals surface area contributed by atoms with E-state index in [2.05, 4.69) is 57.9 Å².